The van der Waals surface area contributed by atoms with Gasteiger partial charge in [0, 0.05) is 12.0 Å². The van der Waals surface area contributed by atoms with E-state index in [4.69, 9.17) is 12.2 Å². The number of nitrogens with one attached hydrogen (secondary N) is 1. The molecule has 0 spiro atoms. The summed E-state index contributed by atoms with van der Waals surface area (Å²) in [4.78, 5) is 0. The molecule has 1 heterocycles. The first-order valence-corrected chi connectivity index (χ1v) is 7.22. The average molecular weight is 251 g/mol. The Bertz CT molecular complexity index is 447. The van der Waals surface area contributed by atoms with Crippen LogP contribution < -0.4 is 0 Å². The van der Waals surface area contributed by atoms with E-state index in [2.05, 4.69) is 28.6 Å². The summed E-state index contributed by atoms with van der Waals surface area (Å²) >= 11 is 5.42. The average Bonchev–Trinajstić information content (AvgIpc) is 3.01. The fourth-order valence-electron chi connectivity index (χ4n) is 3.41. The number of nitrogens with zero attached hydrogens (tertiary/aromatic N) is 2. The summed E-state index contributed by atoms with van der Waals surface area (Å²) in [5, 5.41) is 7.45. The van der Waals surface area contributed by atoms with Crippen molar-refractivity contribution in [3.05, 3.63) is 10.6 Å². The van der Waals surface area contributed by atoms with Crippen molar-refractivity contribution in [2.24, 2.45) is 11.8 Å². The second-order valence-electron chi connectivity index (χ2n) is 6.10. The highest BCUT2D eigenvalue weighted by atomic mass is 32.1. The van der Waals surface area contributed by atoms with Crippen LogP contribution in [0.2, 0.25) is 0 Å². The Labute approximate surface area is 108 Å². The van der Waals surface area contributed by atoms with Crippen molar-refractivity contribution in [2.75, 3.05) is 0 Å². The number of rotatable bonds is 2. The Hall–Kier alpha value is -0.640. The summed E-state index contributed by atoms with van der Waals surface area (Å²) in [5.74, 6) is 3.52. The molecule has 0 saturated heterocycles. The van der Waals surface area contributed by atoms with Crippen molar-refractivity contribution >= 4 is 12.2 Å². The lowest BCUT2D eigenvalue weighted by Gasteiger charge is -2.32. The number of aromatic amines is 1. The standard InChI is InChI=1S/C13H21N3S/c1-8-5-9(2)7-11(6-8)16-12(10-3-4-10)14-15-13(16)17/h8-11H,3-7H2,1-2H3,(H,15,17). The third kappa shape index (κ3) is 2.19. The third-order valence-electron chi connectivity index (χ3n) is 4.19. The van der Waals surface area contributed by atoms with Gasteiger partial charge in [0.2, 0.25) is 0 Å². The Morgan fingerprint density at radius 1 is 1.18 bits per heavy atom. The van der Waals surface area contributed by atoms with Crippen LogP contribution in [0.5, 0.6) is 0 Å². The van der Waals surface area contributed by atoms with Gasteiger partial charge in [-0.25, -0.2) is 0 Å². The van der Waals surface area contributed by atoms with Crippen LogP contribution in [0.15, 0.2) is 0 Å². The van der Waals surface area contributed by atoms with Gasteiger partial charge in [-0.05, 0) is 56.2 Å². The fraction of sp³-hybridized carbons (Fsp3) is 0.846. The smallest absolute Gasteiger partial charge is 0.195 e. The molecule has 4 heteroatoms. The monoisotopic (exact) mass is 251 g/mol. The Morgan fingerprint density at radius 2 is 1.82 bits per heavy atom. The largest absolute Gasteiger partial charge is 0.301 e. The highest BCUT2D eigenvalue weighted by Gasteiger charge is 2.33. The Morgan fingerprint density at radius 3 is 2.41 bits per heavy atom. The van der Waals surface area contributed by atoms with Crippen LogP contribution in [0.1, 0.15) is 63.7 Å². The number of hydrogen-bond acceptors (Lipinski definition) is 2. The van der Waals surface area contributed by atoms with Crippen molar-refractivity contribution in [3.8, 4) is 0 Å². The number of H-pyrrole nitrogens is 1. The molecule has 0 amide bonds. The lowest BCUT2D eigenvalue weighted by molar-refractivity contribution is 0.217. The minimum Gasteiger partial charge on any atom is -0.301 e. The zero-order valence-corrected chi connectivity index (χ0v) is 11.5. The van der Waals surface area contributed by atoms with E-state index in [0.29, 0.717) is 12.0 Å². The lowest BCUT2D eigenvalue weighted by atomic mass is 9.80. The van der Waals surface area contributed by atoms with E-state index in [1.54, 1.807) is 0 Å². The molecule has 94 valence electrons. The van der Waals surface area contributed by atoms with Crippen LogP contribution >= 0.6 is 12.2 Å². The van der Waals surface area contributed by atoms with E-state index in [0.717, 1.165) is 16.6 Å². The van der Waals surface area contributed by atoms with Crippen molar-refractivity contribution in [2.45, 2.75) is 57.9 Å². The van der Waals surface area contributed by atoms with Gasteiger partial charge in [-0.15, -0.1) is 0 Å². The molecule has 2 saturated carbocycles. The third-order valence-corrected chi connectivity index (χ3v) is 4.48. The van der Waals surface area contributed by atoms with Crippen LogP contribution in [0.25, 0.3) is 0 Å². The summed E-state index contributed by atoms with van der Waals surface area (Å²) in [6.45, 7) is 4.73. The molecule has 2 unspecified atom stereocenters. The van der Waals surface area contributed by atoms with Gasteiger partial charge >= 0.3 is 0 Å². The molecule has 2 fully saturated rings. The second kappa shape index (κ2) is 4.23. The Kier molecular flexibility index (Phi) is 2.85. The quantitative estimate of drug-likeness (QED) is 0.811. The van der Waals surface area contributed by atoms with Gasteiger partial charge in [-0.1, -0.05) is 13.8 Å². The minimum atomic E-state index is 0.579. The summed E-state index contributed by atoms with van der Waals surface area (Å²) in [7, 11) is 0. The first kappa shape index (κ1) is 11.5. The van der Waals surface area contributed by atoms with E-state index in [1.807, 2.05) is 0 Å². The van der Waals surface area contributed by atoms with E-state index in [-0.39, 0.29) is 0 Å². The summed E-state index contributed by atoms with van der Waals surface area (Å²) in [6.07, 6.45) is 6.46. The van der Waals surface area contributed by atoms with Gasteiger partial charge in [0.1, 0.15) is 5.82 Å². The van der Waals surface area contributed by atoms with Gasteiger partial charge < -0.3 is 4.57 Å². The van der Waals surface area contributed by atoms with Crippen LogP contribution in [-0.2, 0) is 0 Å². The molecule has 0 radical (unpaired) electrons. The Balaban J connectivity index is 1.92. The first-order chi connectivity index (χ1) is 8.15. The van der Waals surface area contributed by atoms with Crippen LogP contribution in [0, 0.1) is 16.6 Å². The predicted octanol–water partition coefficient (Wildman–Crippen LogP) is 3.82. The van der Waals surface area contributed by atoms with Gasteiger partial charge in [0.25, 0.3) is 0 Å². The molecular weight excluding hydrogens is 230 g/mol. The summed E-state index contributed by atoms with van der Waals surface area (Å²) < 4.78 is 3.16. The van der Waals surface area contributed by atoms with Crippen LogP contribution in [-0.4, -0.2) is 14.8 Å². The maximum Gasteiger partial charge on any atom is 0.195 e. The first-order valence-electron chi connectivity index (χ1n) is 6.82. The second-order valence-corrected chi connectivity index (χ2v) is 6.49. The predicted molar refractivity (Wildman–Crippen MR) is 70.6 cm³/mol. The minimum absolute atomic E-state index is 0.579. The fourth-order valence-corrected chi connectivity index (χ4v) is 3.70. The molecule has 0 aliphatic heterocycles. The van der Waals surface area contributed by atoms with Crippen molar-refractivity contribution in [1.29, 1.82) is 0 Å². The highest BCUT2D eigenvalue weighted by molar-refractivity contribution is 7.71. The molecule has 2 aliphatic rings. The maximum atomic E-state index is 5.42. The molecular formula is C13H21N3S. The summed E-state index contributed by atoms with van der Waals surface area (Å²) in [6, 6.07) is 0.579. The lowest BCUT2D eigenvalue weighted by Crippen LogP contribution is -2.24. The van der Waals surface area contributed by atoms with Crippen LogP contribution in [0.3, 0.4) is 0 Å². The van der Waals surface area contributed by atoms with E-state index < -0.39 is 0 Å². The SMILES string of the molecule is CC1CC(C)CC(n2c(C3CC3)n[nH]c2=S)C1. The molecule has 3 nitrogen and oxygen atoms in total. The van der Waals surface area contributed by atoms with Crippen molar-refractivity contribution in [1.82, 2.24) is 14.8 Å². The number of hydrogen-bond donors (Lipinski definition) is 1. The van der Waals surface area contributed by atoms with Crippen LogP contribution in [0.4, 0.5) is 0 Å². The van der Waals surface area contributed by atoms with Crippen molar-refractivity contribution < 1.29 is 0 Å². The van der Waals surface area contributed by atoms with Gasteiger partial charge in [-0.2, -0.15) is 5.10 Å². The molecule has 2 aliphatic carbocycles. The van der Waals surface area contributed by atoms with E-state index >= 15 is 0 Å². The molecule has 1 aromatic heterocycles. The highest BCUT2D eigenvalue weighted by Crippen LogP contribution is 2.43. The van der Waals surface area contributed by atoms with Gasteiger partial charge in [0.05, 0.1) is 0 Å². The maximum absolute atomic E-state index is 5.42. The zero-order chi connectivity index (χ0) is 12.0. The molecule has 1 N–H and O–H groups in total. The summed E-state index contributed by atoms with van der Waals surface area (Å²) in [5.41, 5.74) is 0. The molecule has 0 aromatic carbocycles. The van der Waals surface area contributed by atoms with Gasteiger partial charge in [0.15, 0.2) is 4.77 Å². The van der Waals surface area contributed by atoms with E-state index in [1.165, 1.54) is 37.9 Å². The molecule has 1 aromatic rings. The normalized spacial score (nSPS) is 33.9. The molecule has 0 bridgehead atoms. The van der Waals surface area contributed by atoms with Gasteiger partial charge in [-0.3, -0.25) is 5.10 Å². The molecule has 2 atom stereocenters. The zero-order valence-electron chi connectivity index (χ0n) is 10.6. The van der Waals surface area contributed by atoms with E-state index in [9.17, 15) is 0 Å². The number of aromatic nitrogens is 3. The topological polar surface area (TPSA) is 33.6 Å². The van der Waals surface area contributed by atoms with Crippen molar-refractivity contribution in [3.63, 3.8) is 0 Å². The molecule has 17 heavy (non-hydrogen) atoms. The molecule has 3 rings (SSSR count).